The molecular formula is C43H44FN7O6Si. The first-order valence-corrected chi connectivity index (χ1v) is 22.4. The maximum absolute atomic E-state index is 16.6. The van der Waals surface area contributed by atoms with E-state index in [1.54, 1.807) is 47.1 Å². The summed E-state index contributed by atoms with van der Waals surface area (Å²) in [6.45, 7) is 5.22. The van der Waals surface area contributed by atoms with E-state index in [0.717, 1.165) is 16.8 Å². The van der Waals surface area contributed by atoms with Crippen molar-refractivity contribution in [3.63, 3.8) is 0 Å². The third-order valence-electron chi connectivity index (χ3n) is 11.7. The average molecular weight is 802 g/mol. The van der Waals surface area contributed by atoms with E-state index in [9.17, 15) is 20.0 Å². The van der Waals surface area contributed by atoms with Gasteiger partial charge in [0.25, 0.3) is 11.6 Å². The molecule has 1 N–H and O–H groups in total. The monoisotopic (exact) mass is 801 g/mol. The maximum atomic E-state index is 16.6. The summed E-state index contributed by atoms with van der Waals surface area (Å²) in [5.74, 6) is -1.63. The fourth-order valence-electron chi connectivity index (χ4n) is 9.03. The second kappa shape index (κ2) is 15.5. The zero-order valence-electron chi connectivity index (χ0n) is 32.4. The first kappa shape index (κ1) is 38.9. The molecule has 8 rings (SSSR count). The molecular weight excluding hydrogens is 758 g/mol. The highest BCUT2D eigenvalue weighted by atomic mass is 28.4. The van der Waals surface area contributed by atoms with E-state index in [1.807, 2.05) is 79.7 Å². The molecule has 13 nitrogen and oxygen atoms in total. The predicted molar refractivity (Wildman–Crippen MR) is 218 cm³/mol. The van der Waals surface area contributed by atoms with Crippen molar-refractivity contribution in [2.45, 2.75) is 75.5 Å². The SMILES string of the molecule is C[C@H]1[C@H]([Si](C)(C)F)[C@@H](CCn2cc(C(CO)c3ccccc3)nn2)O[C@]12C(=O)N(Cc1cccc(N3N=C(c4ccccc4)CCC3=O)c1)c1ccc([N+](=O)[O-])cc12. The normalized spacial score (nSPS) is 22.4. The molecule has 2 amide bonds. The first-order chi connectivity index (χ1) is 27.9. The minimum atomic E-state index is -3.55. The molecule has 5 aromatic rings. The lowest BCUT2D eigenvalue weighted by molar-refractivity contribution is -0.385. The van der Waals surface area contributed by atoms with Gasteiger partial charge in [-0.25, -0.2) is 5.01 Å². The minimum absolute atomic E-state index is 0.0630. The Kier molecular flexibility index (Phi) is 10.4. The van der Waals surface area contributed by atoms with Crippen molar-refractivity contribution in [1.29, 1.82) is 0 Å². The number of aliphatic hydroxyl groups is 1. The van der Waals surface area contributed by atoms with Crippen LogP contribution in [0.25, 0.3) is 0 Å². The number of anilines is 2. The molecule has 0 saturated carbocycles. The summed E-state index contributed by atoms with van der Waals surface area (Å²) in [7, 11) is -3.55. The van der Waals surface area contributed by atoms with Crippen molar-refractivity contribution in [2.75, 3.05) is 16.5 Å². The van der Waals surface area contributed by atoms with Crippen LogP contribution in [0.4, 0.5) is 21.2 Å². The Bertz CT molecular complexity index is 2390. The fourth-order valence-corrected chi connectivity index (χ4v) is 11.6. The molecule has 1 fully saturated rings. The Labute approximate surface area is 336 Å². The number of halogens is 1. The lowest BCUT2D eigenvalue weighted by Gasteiger charge is -2.31. The number of rotatable bonds is 12. The third kappa shape index (κ3) is 7.03. The number of carbonyl (C=O) groups excluding carboxylic acids is 2. The van der Waals surface area contributed by atoms with Gasteiger partial charge in [0.1, 0.15) is 0 Å². The molecule has 1 saturated heterocycles. The number of amides is 2. The summed E-state index contributed by atoms with van der Waals surface area (Å²) >= 11 is 0. The smallest absolute Gasteiger partial charge is 0.269 e. The number of nitrogens with zero attached hydrogens (tertiary/aromatic N) is 7. The van der Waals surface area contributed by atoms with Gasteiger partial charge in [-0.05, 0) is 54.4 Å². The molecule has 4 heterocycles. The molecule has 58 heavy (non-hydrogen) atoms. The van der Waals surface area contributed by atoms with Gasteiger partial charge in [-0.15, -0.1) is 5.10 Å². The van der Waals surface area contributed by atoms with Gasteiger partial charge in [-0.1, -0.05) is 84.9 Å². The summed E-state index contributed by atoms with van der Waals surface area (Å²) in [5.41, 5.74) is 2.68. The summed E-state index contributed by atoms with van der Waals surface area (Å²) < 4.78 is 25.1. The van der Waals surface area contributed by atoms with E-state index in [1.165, 1.54) is 17.1 Å². The number of aromatic nitrogens is 3. The van der Waals surface area contributed by atoms with Gasteiger partial charge < -0.3 is 18.9 Å². The van der Waals surface area contributed by atoms with Gasteiger partial charge >= 0.3 is 0 Å². The fraction of sp³-hybridized carbons (Fsp3) is 0.326. The Morgan fingerprint density at radius 3 is 2.45 bits per heavy atom. The van der Waals surface area contributed by atoms with Crippen LogP contribution < -0.4 is 9.91 Å². The van der Waals surface area contributed by atoms with Crippen molar-refractivity contribution < 1.29 is 28.5 Å². The molecule has 1 unspecified atom stereocenters. The molecule has 3 aliphatic rings. The van der Waals surface area contributed by atoms with Crippen molar-refractivity contribution in [3.05, 3.63) is 147 Å². The lowest BCUT2D eigenvalue weighted by Crippen LogP contribution is -2.45. The number of nitro groups is 1. The van der Waals surface area contributed by atoms with Gasteiger partial charge in [0.2, 0.25) is 14.3 Å². The first-order valence-electron chi connectivity index (χ1n) is 19.5. The summed E-state index contributed by atoms with van der Waals surface area (Å²) in [4.78, 5) is 41.4. The van der Waals surface area contributed by atoms with E-state index < -0.39 is 42.4 Å². The number of ether oxygens (including phenoxy) is 1. The number of benzene rings is 4. The lowest BCUT2D eigenvalue weighted by atomic mass is 9.82. The van der Waals surface area contributed by atoms with E-state index in [2.05, 4.69) is 10.3 Å². The number of nitro benzene ring substituents is 1. The summed E-state index contributed by atoms with van der Waals surface area (Å²) in [6, 6.07) is 30.8. The van der Waals surface area contributed by atoms with Crippen molar-refractivity contribution in [3.8, 4) is 0 Å². The Morgan fingerprint density at radius 2 is 1.74 bits per heavy atom. The van der Waals surface area contributed by atoms with Crippen LogP contribution in [-0.2, 0) is 33.0 Å². The molecule has 298 valence electrons. The molecule has 0 radical (unpaired) electrons. The van der Waals surface area contributed by atoms with E-state index >= 15 is 8.90 Å². The molecule has 3 aliphatic heterocycles. The van der Waals surface area contributed by atoms with Crippen LogP contribution in [0.3, 0.4) is 0 Å². The Morgan fingerprint density at radius 1 is 1.00 bits per heavy atom. The van der Waals surface area contributed by atoms with Gasteiger partial charge in [-0.2, -0.15) is 5.10 Å². The van der Waals surface area contributed by atoms with Crippen LogP contribution in [0, 0.1) is 16.0 Å². The Hall–Kier alpha value is -5.90. The van der Waals surface area contributed by atoms with Crippen LogP contribution in [0.2, 0.25) is 18.6 Å². The second-order valence-electron chi connectivity index (χ2n) is 15.7. The number of aliphatic hydroxyl groups excluding tert-OH is 1. The molecule has 1 spiro atoms. The van der Waals surface area contributed by atoms with Gasteiger partial charge in [0.05, 0.1) is 52.9 Å². The largest absolute Gasteiger partial charge is 0.395 e. The Balaban J connectivity index is 1.10. The van der Waals surface area contributed by atoms with E-state index in [4.69, 9.17) is 9.84 Å². The summed E-state index contributed by atoms with van der Waals surface area (Å²) in [6.07, 6.45) is 2.14. The number of aryl methyl sites for hydroxylation is 1. The maximum Gasteiger partial charge on any atom is 0.269 e. The van der Waals surface area contributed by atoms with Crippen LogP contribution in [0.1, 0.15) is 60.1 Å². The number of fused-ring (bicyclic) bond motifs is 2. The molecule has 0 bridgehead atoms. The number of carbonyl (C=O) groups is 2. The standard InChI is InChI=1S/C43H44FN7O6Si/c1-28-41(58(2,3)44)39(21-22-48-26-37(45-47-48)34(27-52)30-12-6-4-7-13-30)57-43(28)35-24-33(51(55)56)17-19-38(35)49(42(43)54)25-29-11-10-16-32(23-29)50-40(53)20-18-36(46-50)31-14-8-5-9-15-31/h4-17,19,23-24,26,28,34,39,41,52H,18,20-22,25,27H2,1-3H3/t28-,34?,39+,41-,43+/m0/s1. The number of hydrazone groups is 1. The van der Waals surface area contributed by atoms with Crippen LogP contribution in [0.15, 0.2) is 114 Å². The molecule has 1 aromatic heterocycles. The van der Waals surface area contributed by atoms with Crippen molar-refractivity contribution in [1.82, 2.24) is 15.0 Å². The highest BCUT2D eigenvalue weighted by Gasteiger charge is 2.67. The second-order valence-corrected chi connectivity index (χ2v) is 19.5. The highest BCUT2D eigenvalue weighted by Crippen LogP contribution is 2.60. The zero-order valence-corrected chi connectivity index (χ0v) is 33.4. The van der Waals surface area contributed by atoms with Crippen molar-refractivity contribution >= 4 is 43.0 Å². The molecule has 0 aliphatic carbocycles. The minimum Gasteiger partial charge on any atom is -0.395 e. The van der Waals surface area contributed by atoms with Gasteiger partial charge in [0.15, 0.2) is 5.60 Å². The molecule has 5 atom stereocenters. The molecule has 4 aromatic carbocycles. The van der Waals surface area contributed by atoms with Crippen molar-refractivity contribution in [2.24, 2.45) is 11.0 Å². The number of hydrogen-bond acceptors (Lipinski definition) is 9. The van der Waals surface area contributed by atoms with Crippen LogP contribution >= 0.6 is 0 Å². The molecule has 15 heteroatoms. The highest BCUT2D eigenvalue weighted by molar-refractivity contribution is 6.72. The van der Waals surface area contributed by atoms with Crippen LogP contribution in [-0.4, -0.2) is 63.7 Å². The predicted octanol–water partition coefficient (Wildman–Crippen LogP) is 7.25. The average Bonchev–Trinajstić information content (AvgIpc) is 3.88. The quantitative estimate of drug-likeness (QED) is 0.0599. The van der Waals surface area contributed by atoms with Gasteiger partial charge in [0, 0.05) is 54.7 Å². The topological polar surface area (TPSA) is 156 Å². The summed E-state index contributed by atoms with van der Waals surface area (Å²) in [5, 5.41) is 37.1. The van der Waals surface area contributed by atoms with E-state index in [-0.39, 0.29) is 37.1 Å². The zero-order chi connectivity index (χ0) is 40.8. The van der Waals surface area contributed by atoms with E-state index in [0.29, 0.717) is 47.6 Å². The van der Waals surface area contributed by atoms with Crippen LogP contribution in [0.5, 0.6) is 0 Å². The number of hydrogen-bond donors (Lipinski definition) is 1. The number of non-ortho nitro benzene ring substituents is 1. The van der Waals surface area contributed by atoms with Gasteiger partial charge in [-0.3, -0.25) is 24.4 Å². The third-order valence-corrected chi connectivity index (χ3v) is 14.2.